The van der Waals surface area contributed by atoms with Crippen LogP contribution in [-0.2, 0) is 23.3 Å². The van der Waals surface area contributed by atoms with Gasteiger partial charge in [0.1, 0.15) is 20.1 Å². The number of nitrogens with one attached hydrogen (secondary N) is 2. The third-order valence-corrected chi connectivity index (χ3v) is 7.22. The normalized spacial score (nSPS) is 14.2. The molecule has 1 aliphatic rings. The number of hydrazine groups is 1. The Kier molecular flexibility index (Phi) is 6.28. The van der Waals surface area contributed by atoms with E-state index in [0.717, 1.165) is 24.3 Å². The van der Waals surface area contributed by atoms with Gasteiger partial charge >= 0.3 is 0 Å². The van der Waals surface area contributed by atoms with Crippen LogP contribution in [0.3, 0.4) is 0 Å². The average Bonchev–Trinajstić information content (AvgIpc) is 3.45. The van der Waals surface area contributed by atoms with E-state index in [1.165, 1.54) is 4.57 Å². The molecule has 0 aliphatic heterocycles. The first-order valence-electron chi connectivity index (χ1n) is 10.4. The number of hydrogen-bond acceptors (Lipinski definition) is 4. The van der Waals surface area contributed by atoms with Gasteiger partial charge in [-0.15, -0.1) is 0 Å². The summed E-state index contributed by atoms with van der Waals surface area (Å²) < 4.78 is 9.19. The first kappa shape index (κ1) is 22.4. The minimum absolute atomic E-state index is 0.0125. The van der Waals surface area contributed by atoms with Crippen LogP contribution in [0.5, 0.6) is 0 Å². The zero-order valence-corrected chi connectivity index (χ0v) is 19.7. The third kappa shape index (κ3) is 4.70. The lowest BCUT2D eigenvalue weighted by molar-refractivity contribution is -0.123. The van der Waals surface area contributed by atoms with Gasteiger partial charge in [0.25, 0.3) is 11.5 Å². The quantitative estimate of drug-likeness (QED) is 0.378. The van der Waals surface area contributed by atoms with E-state index >= 15 is 0 Å². The van der Waals surface area contributed by atoms with Crippen LogP contribution in [-0.4, -0.2) is 43.5 Å². The van der Waals surface area contributed by atoms with Crippen molar-refractivity contribution < 1.29 is 14.3 Å². The SMILES string of the molecule is Bc1cn(C)c(=O)c2c1c(C(=O)NNC(=O)C1CC1)c(C)n2COCC[Si](C)(C)C. The molecule has 0 atom stereocenters. The summed E-state index contributed by atoms with van der Waals surface area (Å²) in [4.78, 5) is 37.8. The Labute approximate surface area is 178 Å². The Morgan fingerprint density at radius 3 is 2.53 bits per heavy atom. The molecular weight excluding hydrogens is 399 g/mol. The maximum Gasteiger partial charge on any atom is 0.274 e. The minimum Gasteiger partial charge on any atom is -0.361 e. The van der Waals surface area contributed by atoms with E-state index in [1.807, 2.05) is 7.85 Å². The summed E-state index contributed by atoms with van der Waals surface area (Å²) in [6, 6.07) is 1.02. The number of ether oxygens (including phenoxy) is 1. The number of carbonyl (C=O) groups is 2. The van der Waals surface area contributed by atoms with Crippen molar-refractivity contribution in [1.29, 1.82) is 0 Å². The fourth-order valence-corrected chi connectivity index (χ4v) is 4.28. The predicted molar refractivity (Wildman–Crippen MR) is 123 cm³/mol. The van der Waals surface area contributed by atoms with Gasteiger partial charge in [0.2, 0.25) is 5.91 Å². The predicted octanol–water partition coefficient (Wildman–Crippen LogP) is 0.390. The van der Waals surface area contributed by atoms with Crippen molar-refractivity contribution in [2.75, 3.05) is 6.61 Å². The van der Waals surface area contributed by atoms with Crippen LogP contribution in [0.2, 0.25) is 25.7 Å². The van der Waals surface area contributed by atoms with Crippen molar-refractivity contribution in [2.24, 2.45) is 13.0 Å². The highest BCUT2D eigenvalue weighted by Gasteiger charge is 2.30. The second-order valence-electron chi connectivity index (χ2n) is 9.41. The van der Waals surface area contributed by atoms with Crippen LogP contribution in [0.1, 0.15) is 28.9 Å². The lowest BCUT2D eigenvalue weighted by Gasteiger charge is -2.16. The van der Waals surface area contributed by atoms with Crippen LogP contribution >= 0.6 is 0 Å². The number of amides is 2. The fraction of sp³-hybridized carbons (Fsp3) is 0.550. The smallest absolute Gasteiger partial charge is 0.274 e. The molecule has 1 saturated carbocycles. The van der Waals surface area contributed by atoms with Crippen LogP contribution in [0.25, 0.3) is 10.9 Å². The van der Waals surface area contributed by atoms with Crippen molar-refractivity contribution in [2.45, 2.75) is 52.2 Å². The molecule has 3 rings (SSSR count). The standard InChI is InChI=1S/C20H31BN4O4Si/c1-12-15(19(27)23-22-18(26)13-6-7-13)16-14(21)10-24(2)20(28)17(16)25(12)11-29-8-9-30(3,4)5/h10,13H,6-9,11,21H2,1-5H3,(H,22,26)(H,23,27). The fourth-order valence-electron chi connectivity index (χ4n) is 3.53. The van der Waals surface area contributed by atoms with Gasteiger partial charge in [0, 0.05) is 44.9 Å². The molecule has 1 fully saturated rings. The Bertz CT molecular complexity index is 1050. The maximum atomic E-state index is 13.0. The van der Waals surface area contributed by atoms with Crippen molar-refractivity contribution in [3.63, 3.8) is 0 Å². The summed E-state index contributed by atoms with van der Waals surface area (Å²) in [5, 5.41) is 0.600. The first-order chi connectivity index (χ1) is 14.0. The van der Waals surface area contributed by atoms with Gasteiger partial charge < -0.3 is 13.9 Å². The third-order valence-electron chi connectivity index (χ3n) is 5.52. The van der Waals surface area contributed by atoms with E-state index in [1.54, 1.807) is 24.7 Å². The molecule has 0 bridgehead atoms. The second-order valence-corrected chi connectivity index (χ2v) is 15.0. The highest BCUT2D eigenvalue weighted by molar-refractivity contribution is 6.76. The van der Waals surface area contributed by atoms with Gasteiger partial charge in [-0.3, -0.25) is 25.2 Å². The van der Waals surface area contributed by atoms with E-state index in [-0.39, 0.29) is 24.1 Å². The molecule has 2 heterocycles. The molecule has 162 valence electrons. The van der Waals surface area contributed by atoms with Gasteiger partial charge in [0.05, 0.1) is 5.56 Å². The molecule has 0 unspecified atom stereocenters. The first-order valence-corrected chi connectivity index (χ1v) is 14.1. The molecule has 0 saturated heterocycles. The van der Waals surface area contributed by atoms with Crippen molar-refractivity contribution >= 4 is 44.1 Å². The molecule has 10 heteroatoms. The van der Waals surface area contributed by atoms with E-state index in [2.05, 4.69) is 30.5 Å². The molecule has 2 N–H and O–H groups in total. The number of rotatable bonds is 7. The van der Waals surface area contributed by atoms with E-state index < -0.39 is 14.0 Å². The summed E-state index contributed by atoms with van der Waals surface area (Å²) in [7, 11) is 2.34. The van der Waals surface area contributed by atoms with Crippen LogP contribution in [0.15, 0.2) is 11.0 Å². The molecule has 0 spiro atoms. The maximum absolute atomic E-state index is 13.0. The number of nitrogens with zero attached hydrogens (tertiary/aromatic N) is 2. The van der Waals surface area contributed by atoms with Crippen molar-refractivity contribution in [1.82, 2.24) is 20.0 Å². The number of hydrogen-bond donors (Lipinski definition) is 2. The summed E-state index contributed by atoms with van der Waals surface area (Å²) in [6.07, 6.45) is 3.42. The lowest BCUT2D eigenvalue weighted by Crippen LogP contribution is -2.42. The van der Waals surface area contributed by atoms with Gasteiger partial charge in [-0.1, -0.05) is 25.1 Å². The molecule has 0 aromatic carbocycles. The Hall–Kier alpha value is -2.33. The molecular formula is C20H31BN4O4Si. The Morgan fingerprint density at radius 2 is 1.93 bits per heavy atom. The summed E-state index contributed by atoms with van der Waals surface area (Å²) in [5.41, 5.74) is 7.13. The van der Waals surface area contributed by atoms with E-state index in [4.69, 9.17) is 4.74 Å². The summed E-state index contributed by atoms with van der Waals surface area (Å²) >= 11 is 0. The van der Waals surface area contributed by atoms with Crippen molar-refractivity contribution in [3.8, 4) is 0 Å². The van der Waals surface area contributed by atoms with Crippen LogP contribution in [0, 0.1) is 12.8 Å². The highest BCUT2D eigenvalue weighted by Crippen LogP contribution is 2.28. The average molecular weight is 430 g/mol. The molecule has 2 amide bonds. The zero-order valence-electron chi connectivity index (χ0n) is 18.7. The molecule has 1 aliphatic carbocycles. The van der Waals surface area contributed by atoms with Crippen LogP contribution < -0.4 is 21.9 Å². The Balaban J connectivity index is 1.94. The van der Waals surface area contributed by atoms with E-state index in [0.29, 0.717) is 28.8 Å². The van der Waals surface area contributed by atoms with Gasteiger partial charge in [-0.25, -0.2) is 0 Å². The number of aromatic nitrogens is 2. The zero-order chi connectivity index (χ0) is 22.2. The minimum atomic E-state index is -1.23. The molecule has 0 radical (unpaired) electrons. The summed E-state index contributed by atoms with van der Waals surface area (Å²) in [6.45, 7) is 9.46. The molecule has 2 aromatic heterocycles. The van der Waals surface area contributed by atoms with E-state index in [9.17, 15) is 14.4 Å². The number of aryl methyl sites for hydroxylation is 1. The Morgan fingerprint density at radius 1 is 1.27 bits per heavy atom. The van der Waals surface area contributed by atoms with Gasteiger partial charge in [-0.05, 0) is 25.8 Å². The topological polar surface area (TPSA) is 94.4 Å². The monoisotopic (exact) mass is 430 g/mol. The number of carbonyl (C=O) groups excluding carboxylic acids is 2. The lowest BCUT2D eigenvalue weighted by atomic mass is 9.92. The molecule has 2 aromatic rings. The van der Waals surface area contributed by atoms with Gasteiger partial charge in [-0.2, -0.15) is 0 Å². The highest BCUT2D eigenvalue weighted by atomic mass is 28.3. The number of fused-ring (bicyclic) bond motifs is 1. The van der Waals surface area contributed by atoms with Crippen LogP contribution in [0.4, 0.5) is 0 Å². The molecule has 8 nitrogen and oxygen atoms in total. The molecule has 30 heavy (non-hydrogen) atoms. The summed E-state index contributed by atoms with van der Waals surface area (Å²) in [5.74, 6) is -0.614. The number of pyridine rings is 1. The second kappa shape index (κ2) is 8.43. The van der Waals surface area contributed by atoms with Gasteiger partial charge in [0.15, 0.2) is 0 Å². The van der Waals surface area contributed by atoms with Crippen molar-refractivity contribution in [3.05, 3.63) is 27.8 Å². The largest absolute Gasteiger partial charge is 0.361 e.